The van der Waals surface area contributed by atoms with Crippen LogP contribution < -0.4 is 9.80 Å². The molecule has 3 aromatic rings. The van der Waals surface area contributed by atoms with Gasteiger partial charge in [-0.1, -0.05) is 36.4 Å². The smallest absolute Gasteiger partial charge is 0.282 e. The van der Waals surface area contributed by atoms with E-state index in [0.29, 0.717) is 30.0 Å². The Morgan fingerprint density at radius 3 is 2.19 bits per heavy atom. The molecule has 2 aromatic carbocycles. The highest BCUT2D eigenvalue weighted by Crippen LogP contribution is 2.38. The van der Waals surface area contributed by atoms with Crippen LogP contribution >= 0.6 is 11.3 Å². The first-order chi connectivity index (χ1) is 15.5. The van der Waals surface area contributed by atoms with Crippen molar-refractivity contribution in [2.75, 3.05) is 36.0 Å². The molecule has 0 N–H and O–H groups in total. The first-order valence-corrected chi connectivity index (χ1v) is 11.7. The zero-order valence-electron chi connectivity index (χ0n) is 18.2. The van der Waals surface area contributed by atoms with Crippen molar-refractivity contribution in [1.29, 1.82) is 0 Å². The first kappa shape index (κ1) is 20.5. The number of hydrogen-bond acceptors (Lipinski definition) is 5. The van der Waals surface area contributed by atoms with Crippen molar-refractivity contribution in [1.82, 2.24) is 4.90 Å². The number of piperazine rings is 1. The summed E-state index contributed by atoms with van der Waals surface area (Å²) in [5.41, 5.74) is 4.86. The van der Waals surface area contributed by atoms with E-state index >= 15 is 0 Å². The van der Waals surface area contributed by atoms with Crippen molar-refractivity contribution in [3.8, 4) is 0 Å². The van der Waals surface area contributed by atoms with Gasteiger partial charge in [0.2, 0.25) is 0 Å². The molecule has 1 aromatic heterocycles. The second-order valence-electron chi connectivity index (χ2n) is 8.25. The van der Waals surface area contributed by atoms with Crippen LogP contribution in [0.3, 0.4) is 0 Å². The van der Waals surface area contributed by atoms with E-state index in [9.17, 15) is 9.59 Å². The van der Waals surface area contributed by atoms with Gasteiger partial charge in [-0.2, -0.15) is 0 Å². The van der Waals surface area contributed by atoms with Gasteiger partial charge in [0.1, 0.15) is 5.70 Å². The lowest BCUT2D eigenvalue weighted by Gasteiger charge is -2.37. The number of benzene rings is 2. The van der Waals surface area contributed by atoms with Crippen molar-refractivity contribution >= 4 is 40.1 Å². The maximum atomic E-state index is 13.7. The fourth-order valence-corrected chi connectivity index (χ4v) is 5.22. The minimum Gasteiger partial charge on any atom is -0.368 e. The number of thiophene rings is 1. The predicted molar refractivity (Wildman–Crippen MR) is 130 cm³/mol. The summed E-state index contributed by atoms with van der Waals surface area (Å²) in [6, 6.07) is 20.1. The lowest BCUT2D eigenvalue weighted by molar-refractivity contribution is -0.120. The topological polar surface area (TPSA) is 43.9 Å². The average Bonchev–Trinajstić information content (AvgIpc) is 3.42. The highest BCUT2D eigenvalue weighted by molar-refractivity contribution is 7.11. The highest BCUT2D eigenvalue weighted by Gasteiger charge is 2.43. The van der Waals surface area contributed by atoms with Crippen LogP contribution in [-0.2, 0) is 9.59 Å². The number of hydrogen-bond donors (Lipinski definition) is 0. The van der Waals surface area contributed by atoms with Crippen LogP contribution in [0.5, 0.6) is 0 Å². The van der Waals surface area contributed by atoms with Gasteiger partial charge in [0.15, 0.2) is 0 Å². The van der Waals surface area contributed by atoms with Gasteiger partial charge in [-0.3, -0.25) is 9.59 Å². The second kappa shape index (κ2) is 8.28. The largest absolute Gasteiger partial charge is 0.368 e. The van der Waals surface area contributed by atoms with Gasteiger partial charge in [0.05, 0.1) is 11.3 Å². The molecule has 162 valence electrons. The molecule has 5 nitrogen and oxygen atoms in total. The Morgan fingerprint density at radius 1 is 0.781 bits per heavy atom. The number of para-hydroxylation sites is 1. The van der Waals surface area contributed by atoms with E-state index in [1.54, 1.807) is 0 Å². The van der Waals surface area contributed by atoms with Crippen LogP contribution in [0.1, 0.15) is 16.0 Å². The number of rotatable bonds is 4. The van der Waals surface area contributed by atoms with Gasteiger partial charge in [-0.15, -0.1) is 11.3 Å². The monoisotopic (exact) mass is 443 g/mol. The molecule has 0 saturated carbocycles. The third kappa shape index (κ3) is 3.50. The van der Waals surface area contributed by atoms with Gasteiger partial charge in [-0.25, -0.2) is 4.90 Å². The summed E-state index contributed by atoms with van der Waals surface area (Å²) in [6.45, 7) is 6.91. The summed E-state index contributed by atoms with van der Waals surface area (Å²) in [7, 11) is 0. The fraction of sp³-hybridized carbons (Fsp3) is 0.231. The Balaban J connectivity index is 1.50. The van der Waals surface area contributed by atoms with E-state index in [1.165, 1.54) is 21.9 Å². The number of carbonyl (C=O) groups is 2. The molecule has 0 bridgehead atoms. The molecule has 0 unspecified atom stereocenters. The first-order valence-electron chi connectivity index (χ1n) is 10.8. The Bertz CT molecular complexity index is 1190. The molecular weight excluding hydrogens is 418 g/mol. The van der Waals surface area contributed by atoms with Crippen LogP contribution in [0.2, 0.25) is 0 Å². The standard InChI is InChI=1S/C26H25N3O2S/c1-18-10-11-19(2)21(17-18)29-25(30)23(22-9-6-16-32-22)24(26(29)31)28-14-12-27(13-15-28)20-7-4-3-5-8-20/h3-11,16-17H,12-15H2,1-2H3. The van der Waals surface area contributed by atoms with Gasteiger partial charge < -0.3 is 9.80 Å². The molecule has 0 spiro atoms. The Morgan fingerprint density at radius 2 is 1.50 bits per heavy atom. The summed E-state index contributed by atoms with van der Waals surface area (Å²) in [5.74, 6) is -0.452. The summed E-state index contributed by atoms with van der Waals surface area (Å²) in [5, 5.41) is 1.95. The molecule has 1 fully saturated rings. The molecule has 0 atom stereocenters. The SMILES string of the molecule is Cc1ccc(C)c(N2C(=O)C(c3cccs3)=C(N3CCN(c4ccccc4)CC3)C2=O)c1. The molecule has 5 rings (SSSR count). The van der Waals surface area contributed by atoms with Crippen molar-refractivity contribution in [3.05, 3.63) is 87.7 Å². The minimum atomic E-state index is -0.230. The van der Waals surface area contributed by atoms with Gasteiger partial charge in [-0.05, 0) is 54.6 Å². The van der Waals surface area contributed by atoms with Crippen molar-refractivity contribution in [3.63, 3.8) is 0 Å². The molecule has 32 heavy (non-hydrogen) atoms. The normalized spacial score (nSPS) is 17.0. The fourth-order valence-electron chi connectivity index (χ4n) is 4.46. The molecule has 1 saturated heterocycles. The van der Waals surface area contributed by atoms with Gasteiger partial charge in [0.25, 0.3) is 11.8 Å². The van der Waals surface area contributed by atoms with Crippen molar-refractivity contribution in [2.45, 2.75) is 13.8 Å². The van der Waals surface area contributed by atoms with E-state index in [-0.39, 0.29) is 11.8 Å². The van der Waals surface area contributed by atoms with Crippen molar-refractivity contribution < 1.29 is 9.59 Å². The third-order valence-electron chi connectivity index (χ3n) is 6.15. The Kier molecular flexibility index (Phi) is 5.31. The molecule has 2 aliphatic heterocycles. The average molecular weight is 444 g/mol. The summed E-state index contributed by atoms with van der Waals surface area (Å²) >= 11 is 1.50. The molecule has 6 heteroatoms. The summed E-state index contributed by atoms with van der Waals surface area (Å²) < 4.78 is 0. The van der Waals surface area contributed by atoms with Gasteiger partial charge >= 0.3 is 0 Å². The number of nitrogens with zero attached hydrogens (tertiary/aromatic N) is 3. The maximum Gasteiger partial charge on any atom is 0.282 e. The van der Waals surface area contributed by atoms with E-state index in [1.807, 2.05) is 67.8 Å². The summed E-state index contributed by atoms with van der Waals surface area (Å²) in [4.78, 5) is 34.0. The second-order valence-corrected chi connectivity index (χ2v) is 9.19. The van der Waals surface area contributed by atoms with Crippen LogP contribution in [0, 0.1) is 13.8 Å². The van der Waals surface area contributed by atoms with Crippen LogP contribution in [0.15, 0.2) is 71.7 Å². The molecule has 0 aliphatic carbocycles. The quantitative estimate of drug-likeness (QED) is 0.558. The molecule has 0 radical (unpaired) electrons. The van der Waals surface area contributed by atoms with Gasteiger partial charge in [0, 0.05) is 36.7 Å². The zero-order valence-corrected chi connectivity index (χ0v) is 19.1. The molecule has 2 amide bonds. The van der Waals surface area contributed by atoms with E-state index in [2.05, 4.69) is 21.9 Å². The predicted octanol–water partition coefficient (Wildman–Crippen LogP) is 4.47. The minimum absolute atomic E-state index is 0.222. The van der Waals surface area contributed by atoms with Crippen LogP contribution in [-0.4, -0.2) is 42.9 Å². The lowest BCUT2D eigenvalue weighted by atomic mass is 10.1. The third-order valence-corrected chi connectivity index (χ3v) is 7.04. The van der Waals surface area contributed by atoms with Crippen LogP contribution in [0.25, 0.3) is 5.57 Å². The van der Waals surface area contributed by atoms with E-state index in [0.717, 1.165) is 29.1 Å². The molecule has 2 aliphatic rings. The van der Waals surface area contributed by atoms with Crippen LogP contribution in [0.4, 0.5) is 11.4 Å². The maximum absolute atomic E-state index is 13.7. The Hall–Kier alpha value is -3.38. The molecule has 3 heterocycles. The number of amides is 2. The number of carbonyl (C=O) groups excluding carboxylic acids is 2. The number of aryl methyl sites for hydroxylation is 2. The zero-order chi connectivity index (χ0) is 22.2. The van der Waals surface area contributed by atoms with E-state index < -0.39 is 0 Å². The number of anilines is 2. The number of imide groups is 1. The summed E-state index contributed by atoms with van der Waals surface area (Å²) in [6.07, 6.45) is 0. The van der Waals surface area contributed by atoms with Crippen molar-refractivity contribution in [2.24, 2.45) is 0 Å². The van der Waals surface area contributed by atoms with E-state index in [4.69, 9.17) is 0 Å². The highest BCUT2D eigenvalue weighted by atomic mass is 32.1. The Labute approximate surface area is 192 Å². The lowest BCUT2D eigenvalue weighted by Crippen LogP contribution is -2.47. The molecular formula is C26H25N3O2S.